The lowest BCUT2D eigenvalue weighted by atomic mass is 9.99. The smallest absolute Gasteiger partial charge is 0.325 e. The summed E-state index contributed by atoms with van der Waals surface area (Å²) in [7, 11) is 0. The minimum Gasteiger partial charge on any atom is -0.481 e. The third-order valence-electron chi connectivity index (χ3n) is 3.37. The summed E-state index contributed by atoms with van der Waals surface area (Å²) >= 11 is 0. The van der Waals surface area contributed by atoms with Crippen LogP contribution in [0.25, 0.3) is 10.8 Å². The maximum Gasteiger partial charge on any atom is 0.325 e. The maximum absolute atomic E-state index is 12.3. The van der Waals surface area contributed by atoms with Crippen LogP contribution in [0.2, 0.25) is 0 Å². The van der Waals surface area contributed by atoms with E-state index < -0.39 is 29.7 Å². The van der Waals surface area contributed by atoms with Crippen LogP contribution in [0.3, 0.4) is 0 Å². The standard InChI is InChI=1S/C19H21NO5/c1-19(2,3)25-17(24)11-20-18-13-7-5-4-6-12(13)8-9-14(18)15(21)10-16(22)23/h4-9,20H,10-11H2,1-3H3,(H,22,23). The molecule has 6 heteroatoms. The summed E-state index contributed by atoms with van der Waals surface area (Å²) in [6.07, 6.45) is -0.612. The molecule has 2 aromatic carbocycles. The molecule has 0 spiro atoms. The average Bonchev–Trinajstić information content (AvgIpc) is 2.50. The zero-order valence-electron chi connectivity index (χ0n) is 14.5. The minimum absolute atomic E-state index is 0.126. The Labute approximate surface area is 145 Å². The Morgan fingerprint density at radius 1 is 1.08 bits per heavy atom. The van der Waals surface area contributed by atoms with Crippen LogP contribution in [0.4, 0.5) is 5.69 Å². The average molecular weight is 343 g/mol. The molecular weight excluding hydrogens is 322 g/mol. The van der Waals surface area contributed by atoms with Gasteiger partial charge in [-0.2, -0.15) is 0 Å². The molecule has 0 saturated carbocycles. The Bertz CT molecular complexity index is 820. The lowest BCUT2D eigenvalue weighted by Gasteiger charge is -2.20. The van der Waals surface area contributed by atoms with Gasteiger partial charge in [0.1, 0.15) is 18.6 Å². The van der Waals surface area contributed by atoms with Gasteiger partial charge in [0.2, 0.25) is 0 Å². The van der Waals surface area contributed by atoms with E-state index in [9.17, 15) is 14.4 Å². The predicted octanol–water partition coefficient (Wildman–Crippen LogP) is 3.25. The molecule has 0 radical (unpaired) electrons. The van der Waals surface area contributed by atoms with Gasteiger partial charge in [0.25, 0.3) is 0 Å². The van der Waals surface area contributed by atoms with E-state index in [0.717, 1.165) is 10.8 Å². The van der Waals surface area contributed by atoms with Crippen molar-refractivity contribution in [2.75, 3.05) is 11.9 Å². The Hall–Kier alpha value is -2.89. The molecule has 0 bridgehead atoms. The van der Waals surface area contributed by atoms with Gasteiger partial charge in [-0.25, -0.2) is 0 Å². The van der Waals surface area contributed by atoms with Crippen LogP contribution < -0.4 is 5.32 Å². The van der Waals surface area contributed by atoms with Gasteiger partial charge in [0.05, 0.1) is 5.69 Å². The van der Waals surface area contributed by atoms with Crippen LogP contribution in [0.15, 0.2) is 36.4 Å². The molecule has 0 aromatic heterocycles. The number of hydrogen-bond acceptors (Lipinski definition) is 5. The van der Waals surface area contributed by atoms with Gasteiger partial charge in [0, 0.05) is 10.9 Å². The molecule has 2 N–H and O–H groups in total. The lowest BCUT2D eigenvalue weighted by Crippen LogP contribution is -2.28. The molecule has 0 fully saturated rings. The van der Waals surface area contributed by atoms with E-state index in [0.29, 0.717) is 5.69 Å². The molecule has 132 valence electrons. The van der Waals surface area contributed by atoms with Crippen molar-refractivity contribution in [2.24, 2.45) is 0 Å². The van der Waals surface area contributed by atoms with Crippen molar-refractivity contribution in [2.45, 2.75) is 32.8 Å². The van der Waals surface area contributed by atoms with Crippen molar-refractivity contribution in [3.63, 3.8) is 0 Å². The van der Waals surface area contributed by atoms with E-state index in [1.54, 1.807) is 32.9 Å². The second-order valence-corrected chi connectivity index (χ2v) is 6.64. The molecule has 2 aromatic rings. The van der Waals surface area contributed by atoms with Gasteiger partial charge >= 0.3 is 11.9 Å². The van der Waals surface area contributed by atoms with Crippen molar-refractivity contribution < 1.29 is 24.2 Å². The fourth-order valence-corrected chi connectivity index (χ4v) is 2.47. The number of aliphatic carboxylic acids is 1. The number of Topliss-reactive ketones (excluding diaryl/α,β-unsaturated/α-hetero) is 1. The third kappa shape index (κ3) is 5.04. The Balaban J connectivity index is 2.35. The van der Waals surface area contributed by atoms with Gasteiger partial charge in [0.15, 0.2) is 5.78 Å². The third-order valence-corrected chi connectivity index (χ3v) is 3.37. The molecular formula is C19H21NO5. The Morgan fingerprint density at radius 3 is 2.40 bits per heavy atom. The number of esters is 1. The number of benzene rings is 2. The van der Waals surface area contributed by atoms with Gasteiger partial charge < -0.3 is 15.2 Å². The van der Waals surface area contributed by atoms with E-state index in [-0.39, 0.29) is 12.1 Å². The van der Waals surface area contributed by atoms with Crippen molar-refractivity contribution in [1.82, 2.24) is 0 Å². The first kappa shape index (κ1) is 18.4. The van der Waals surface area contributed by atoms with Crippen molar-refractivity contribution in [3.05, 3.63) is 42.0 Å². The molecule has 25 heavy (non-hydrogen) atoms. The molecule has 0 heterocycles. The topological polar surface area (TPSA) is 92.7 Å². The summed E-state index contributed by atoms with van der Waals surface area (Å²) in [5.41, 5.74) is 0.0688. The molecule has 0 aliphatic carbocycles. The zero-order valence-corrected chi connectivity index (χ0v) is 14.5. The van der Waals surface area contributed by atoms with Crippen molar-refractivity contribution in [1.29, 1.82) is 0 Å². The molecule has 0 amide bonds. The van der Waals surface area contributed by atoms with Gasteiger partial charge in [-0.1, -0.05) is 30.3 Å². The number of carboxylic acids is 1. The summed E-state index contributed by atoms with van der Waals surface area (Å²) in [6.45, 7) is 5.18. The number of carboxylic acid groups (broad SMARTS) is 1. The van der Waals surface area contributed by atoms with E-state index in [2.05, 4.69) is 5.32 Å². The summed E-state index contributed by atoms with van der Waals surface area (Å²) in [5, 5.41) is 13.4. The number of nitrogens with one attached hydrogen (secondary N) is 1. The number of ketones is 1. The van der Waals surface area contributed by atoms with Crippen LogP contribution in [0, 0.1) is 0 Å². The quantitative estimate of drug-likeness (QED) is 0.475. The Morgan fingerprint density at radius 2 is 1.76 bits per heavy atom. The fourth-order valence-electron chi connectivity index (χ4n) is 2.47. The predicted molar refractivity (Wildman–Crippen MR) is 94.9 cm³/mol. The summed E-state index contributed by atoms with van der Waals surface area (Å²) in [6, 6.07) is 10.7. The highest BCUT2D eigenvalue weighted by molar-refractivity contribution is 6.13. The number of rotatable bonds is 6. The normalized spacial score (nSPS) is 11.2. The van der Waals surface area contributed by atoms with Gasteiger partial charge in [-0.05, 0) is 32.2 Å². The maximum atomic E-state index is 12.3. The van der Waals surface area contributed by atoms with Crippen LogP contribution in [0.5, 0.6) is 0 Å². The number of fused-ring (bicyclic) bond motifs is 1. The van der Waals surface area contributed by atoms with Crippen LogP contribution in [0.1, 0.15) is 37.6 Å². The molecule has 0 saturated heterocycles. The highest BCUT2D eigenvalue weighted by Gasteiger charge is 2.20. The number of hydrogen-bond donors (Lipinski definition) is 2. The highest BCUT2D eigenvalue weighted by atomic mass is 16.6. The number of carbonyl (C=O) groups excluding carboxylic acids is 2. The fraction of sp³-hybridized carbons (Fsp3) is 0.316. The largest absolute Gasteiger partial charge is 0.481 e. The van der Waals surface area contributed by atoms with Gasteiger partial charge in [-0.3, -0.25) is 14.4 Å². The SMILES string of the molecule is CC(C)(C)OC(=O)CNc1c(C(=O)CC(=O)O)ccc2ccccc12. The van der Waals surface area contributed by atoms with Crippen molar-refractivity contribution in [3.8, 4) is 0 Å². The van der Waals surface area contributed by atoms with Gasteiger partial charge in [-0.15, -0.1) is 0 Å². The Kier molecular flexibility index (Phi) is 5.41. The molecule has 6 nitrogen and oxygen atoms in total. The second-order valence-electron chi connectivity index (χ2n) is 6.64. The highest BCUT2D eigenvalue weighted by Crippen LogP contribution is 2.28. The van der Waals surface area contributed by atoms with Crippen LogP contribution in [-0.4, -0.2) is 35.0 Å². The monoisotopic (exact) mass is 343 g/mol. The summed E-state index contributed by atoms with van der Waals surface area (Å²) in [4.78, 5) is 35.1. The number of ether oxygens (including phenoxy) is 1. The zero-order chi connectivity index (χ0) is 18.6. The van der Waals surface area contributed by atoms with Crippen LogP contribution in [-0.2, 0) is 14.3 Å². The molecule has 0 atom stereocenters. The van der Waals surface area contributed by atoms with E-state index in [4.69, 9.17) is 9.84 Å². The van der Waals surface area contributed by atoms with E-state index in [1.165, 1.54) is 0 Å². The van der Waals surface area contributed by atoms with Crippen LogP contribution >= 0.6 is 0 Å². The first-order chi connectivity index (χ1) is 11.7. The number of carbonyl (C=O) groups is 3. The summed E-state index contributed by atoms with van der Waals surface area (Å²) in [5.74, 6) is -2.18. The second kappa shape index (κ2) is 7.34. The summed E-state index contributed by atoms with van der Waals surface area (Å²) < 4.78 is 5.26. The molecule has 0 aliphatic heterocycles. The molecule has 0 aliphatic rings. The lowest BCUT2D eigenvalue weighted by molar-refractivity contribution is -0.152. The first-order valence-electron chi connectivity index (χ1n) is 7.90. The van der Waals surface area contributed by atoms with E-state index >= 15 is 0 Å². The molecule has 2 rings (SSSR count). The first-order valence-corrected chi connectivity index (χ1v) is 7.90. The minimum atomic E-state index is -1.20. The molecule has 0 unspecified atom stereocenters. The van der Waals surface area contributed by atoms with Crippen molar-refractivity contribution >= 4 is 34.2 Å². The number of anilines is 1. The van der Waals surface area contributed by atoms with E-state index in [1.807, 2.05) is 24.3 Å².